The Morgan fingerprint density at radius 2 is 1.66 bits per heavy atom. The number of amides is 2. The van der Waals surface area contributed by atoms with Gasteiger partial charge in [-0.3, -0.25) is 9.59 Å². The number of likely N-dealkylation sites (tertiary alicyclic amines) is 1. The van der Waals surface area contributed by atoms with Crippen LogP contribution in [-0.4, -0.2) is 89.0 Å². The van der Waals surface area contributed by atoms with Crippen molar-refractivity contribution >= 4 is 40.0 Å². The van der Waals surface area contributed by atoms with Gasteiger partial charge in [-0.05, 0) is 60.7 Å². The van der Waals surface area contributed by atoms with Crippen molar-refractivity contribution in [2.45, 2.75) is 64.1 Å². The van der Waals surface area contributed by atoms with Crippen LogP contribution in [0.15, 0.2) is 101 Å². The summed E-state index contributed by atoms with van der Waals surface area (Å²) in [5.74, 6) is -0.147. The summed E-state index contributed by atoms with van der Waals surface area (Å²) in [4.78, 5) is 46.3. The van der Waals surface area contributed by atoms with E-state index in [-0.39, 0.29) is 48.4 Å². The highest BCUT2D eigenvalue weighted by molar-refractivity contribution is 7.13. The second kappa shape index (κ2) is 16.5. The SMILES string of the molecule is Cc1ncsc1-c1ccc([C@H](C)NC(=O)[C@@H]2C[C@@H](O)CN2C(=O)C(c2cc(-c3cnc(N4CC(c5ccc6cc(-c7ccccc7O)nnc6c5)C4)nc3)no2)C(C)C)cc1. The van der Waals surface area contributed by atoms with E-state index in [1.807, 2.05) is 81.7 Å². The van der Waals surface area contributed by atoms with Gasteiger partial charge in [0.15, 0.2) is 0 Å². The van der Waals surface area contributed by atoms with Crippen LogP contribution < -0.4 is 10.2 Å². The number of aliphatic hydroxyl groups excluding tert-OH is 1. The first-order chi connectivity index (χ1) is 29.5. The fourth-order valence-electron chi connectivity index (χ4n) is 8.29. The summed E-state index contributed by atoms with van der Waals surface area (Å²) in [6.07, 6.45) is 2.70. The van der Waals surface area contributed by atoms with Crippen molar-refractivity contribution in [2.75, 3.05) is 24.5 Å². The third-order valence-corrected chi connectivity index (χ3v) is 12.7. The number of aromatic hydroxyl groups is 1. The van der Waals surface area contributed by atoms with Gasteiger partial charge in [0.25, 0.3) is 0 Å². The van der Waals surface area contributed by atoms with Crippen LogP contribution >= 0.6 is 11.3 Å². The zero-order valence-corrected chi connectivity index (χ0v) is 35.0. The van der Waals surface area contributed by atoms with Crippen LogP contribution in [0.5, 0.6) is 5.75 Å². The number of aliphatic hydroxyl groups is 1. The molecule has 0 bridgehead atoms. The average molecular weight is 836 g/mol. The van der Waals surface area contributed by atoms with Gasteiger partial charge < -0.3 is 29.9 Å². The fourth-order valence-corrected chi connectivity index (χ4v) is 9.10. The first-order valence-corrected chi connectivity index (χ1v) is 21.3. The number of para-hydroxylation sites is 1. The van der Waals surface area contributed by atoms with Gasteiger partial charge in [0.05, 0.1) is 39.4 Å². The molecular weight excluding hydrogens is 791 g/mol. The summed E-state index contributed by atoms with van der Waals surface area (Å²) in [5.41, 5.74) is 9.13. The maximum atomic E-state index is 14.3. The van der Waals surface area contributed by atoms with Crippen molar-refractivity contribution in [1.82, 2.24) is 40.5 Å². The number of phenols is 1. The number of nitrogens with zero attached hydrogens (tertiary/aromatic N) is 8. The molecule has 0 spiro atoms. The highest BCUT2D eigenvalue weighted by Crippen LogP contribution is 2.36. The van der Waals surface area contributed by atoms with E-state index >= 15 is 0 Å². The van der Waals surface area contributed by atoms with E-state index in [4.69, 9.17) is 4.52 Å². The minimum atomic E-state index is -0.839. The number of thiazole rings is 1. The van der Waals surface area contributed by atoms with E-state index in [2.05, 4.69) is 52.7 Å². The topological polar surface area (TPSA) is 184 Å². The predicted molar refractivity (Wildman–Crippen MR) is 232 cm³/mol. The molecule has 2 aliphatic rings. The molecule has 310 valence electrons. The first-order valence-electron chi connectivity index (χ1n) is 20.4. The molecule has 2 saturated heterocycles. The summed E-state index contributed by atoms with van der Waals surface area (Å²) < 4.78 is 5.80. The van der Waals surface area contributed by atoms with Crippen LogP contribution in [0.4, 0.5) is 5.95 Å². The number of nitrogens with one attached hydrogen (secondary N) is 1. The van der Waals surface area contributed by atoms with Crippen LogP contribution in [-0.2, 0) is 9.59 Å². The third kappa shape index (κ3) is 7.93. The van der Waals surface area contributed by atoms with Gasteiger partial charge >= 0.3 is 0 Å². The van der Waals surface area contributed by atoms with Crippen molar-refractivity contribution in [2.24, 2.45) is 5.92 Å². The lowest BCUT2D eigenvalue weighted by atomic mass is 9.91. The molecule has 14 nitrogen and oxygen atoms in total. The Kier molecular flexibility index (Phi) is 10.8. The van der Waals surface area contributed by atoms with E-state index in [0.29, 0.717) is 34.2 Å². The second-order valence-electron chi connectivity index (χ2n) is 16.3. The molecule has 2 fully saturated rings. The Bertz CT molecular complexity index is 2710. The molecule has 4 atom stereocenters. The van der Waals surface area contributed by atoms with E-state index < -0.39 is 18.1 Å². The van der Waals surface area contributed by atoms with Gasteiger partial charge in [-0.15, -0.1) is 21.5 Å². The first kappa shape index (κ1) is 39.9. The fraction of sp³-hybridized carbons (Fsp3) is 0.304. The Morgan fingerprint density at radius 1 is 0.885 bits per heavy atom. The van der Waals surface area contributed by atoms with Crippen LogP contribution in [0.3, 0.4) is 0 Å². The molecule has 0 saturated carbocycles. The number of β-amino-alcohol motifs (C(OH)–C–C–N with tert-alkyl or cyclic N) is 1. The smallest absolute Gasteiger partial charge is 0.243 e. The van der Waals surface area contributed by atoms with Crippen molar-refractivity contribution in [1.29, 1.82) is 0 Å². The molecule has 1 unspecified atom stereocenters. The van der Waals surface area contributed by atoms with Gasteiger partial charge in [0.2, 0.25) is 17.8 Å². The molecule has 7 aromatic rings. The maximum Gasteiger partial charge on any atom is 0.243 e. The molecule has 3 aromatic carbocycles. The van der Waals surface area contributed by atoms with Crippen LogP contribution in [0.25, 0.3) is 43.9 Å². The number of aryl methyl sites for hydroxylation is 1. The van der Waals surface area contributed by atoms with E-state index in [1.165, 1.54) is 4.90 Å². The molecule has 61 heavy (non-hydrogen) atoms. The number of rotatable bonds is 11. The summed E-state index contributed by atoms with van der Waals surface area (Å²) in [6, 6.07) is 23.8. The Morgan fingerprint density at radius 3 is 2.38 bits per heavy atom. The average Bonchev–Trinajstić information content (AvgIpc) is 4.01. The quantitative estimate of drug-likeness (QED) is 0.121. The van der Waals surface area contributed by atoms with Gasteiger partial charge in [-0.1, -0.05) is 67.5 Å². The summed E-state index contributed by atoms with van der Waals surface area (Å²) >= 11 is 1.59. The largest absolute Gasteiger partial charge is 0.507 e. The summed E-state index contributed by atoms with van der Waals surface area (Å²) in [5, 5.41) is 38.1. The number of carbonyl (C=O) groups excluding carboxylic acids is 2. The molecule has 15 heteroatoms. The summed E-state index contributed by atoms with van der Waals surface area (Å²) in [6.45, 7) is 9.25. The number of hydrogen-bond donors (Lipinski definition) is 3. The standard InChI is InChI=1S/C46H45N9O5S/c1-25(2)42(45(59)55-23-34(56)17-39(55)44(58)50-26(3)28-9-11-29(12-10-28)43-27(4)49-24-61-43)41-18-37(53-60-41)32-19-47-46(48-20-32)54-21-33(22-54)30-13-14-31-16-38(52-51-36(31)15-30)35-7-5-6-8-40(35)57/h5-16,18-20,24-26,33-34,39,42,56-57H,17,21-23H2,1-4H3,(H,50,58)/t26-,34+,39-,42?/m0/s1. The van der Waals surface area contributed by atoms with Crippen molar-refractivity contribution in [3.05, 3.63) is 119 Å². The second-order valence-corrected chi connectivity index (χ2v) is 17.1. The highest BCUT2D eigenvalue weighted by atomic mass is 32.1. The molecule has 2 amide bonds. The van der Waals surface area contributed by atoms with Crippen molar-refractivity contribution in [3.8, 4) is 38.7 Å². The van der Waals surface area contributed by atoms with Crippen LogP contribution in [0.1, 0.15) is 67.7 Å². The molecule has 3 N–H and O–H groups in total. The number of carbonyl (C=O) groups is 2. The van der Waals surface area contributed by atoms with Crippen LogP contribution in [0, 0.1) is 12.8 Å². The number of benzene rings is 3. The van der Waals surface area contributed by atoms with Gasteiger partial charge in [0, 0.05) is 66.9 Å². The van der Waals surface area contributed by atoms with Gasteiger partial charge in [-0.2, -0.15) is 0 Å². The molecule has 0 aliphatic carbocycles. The van der Waals surface area contributed by atoms with E-state index in [9.17, 15) is 19.8 Å². The summed E-state index contributed by atoms with van der Waals surface area (Å²) in [7, 11) is 0. The lowest BCUT2D eigenvalue weighted by molar-refractivity contribution is -0.141. The maximum absolute atomic E-state index is 14.3. The molecule has 9 rings (SSSR count). The Hall–Kier alpha value is -6.58. The van der Waals surface area contributed by atoms with Gasteiger partial charge in [0.1, 0.15) is 29.2 Å². The normalized spacial score (nSPS) is 17.7. The Labute approximate surface area is 356 Å². The number of fused-ring (bicyclic) bond motifs is 1. The van der Waals surface area contributed by atoms with E-state index in [0.717, 1.165) is 51.3 Å². The van der Waals surface area contributed by atoms with Crippen molar-refractivity contribution < 1.29 is 24.3 Å². The lowest BCUT2D eigenvalue weighted by Gasteiger charge is -2.39. The highest BCUT2D eigenvalue weighted by Gasteiger charge is 2.43. The van der Waals surface area contributed by atoms with Crippen LogP contribution in [0.2, 0.25) is 0 Å². The Balaban J connectivity index is 0.828. The third-order valence-electron chi connectivity index (χ3n) is 11.8. The lowest BCUT2D eigenvalue weighted by Crippen LogP contribution is -2.48. The molecule has 6 heterocycles. The number of anilines is 1. The zero-order valence-electron chi connectivity index (χ0n) is 34.1. The number of hydrogen-bond acceptors (Lipinski definition) is 13. The van der Waals surface area contributed by atoms with Gasteiger partial charge in [-0.25, -0.2) is 15.0 Å². The van der Waals surface area contributed by atoms with Crippen molar-refractivity contribution in [3.63, 3.8) is 0 Å². The zero-order chi connectivity index (χ0) is 42.4. The van der Waals surface area contributed by atoms with E-state index in [1.54, 1.807) is 41.9 Å². The molecule has 0 radical (unpaired) electrons. The molecule has 2 aliphatic heterocycles. The number of aromatic nitrogens is 6. The monoisotopic (exact) mass is 835 g/mol. The molecular formula is C46H45N9O5S. The predicted octanol–water partition coefficient (Wildman–Crippen LogP) is 7.06. The minimum absolute atomic E-state index is 0.0434. The minimum Gasteiger partial charge on any atom is -0.507 e. The molecule has 4 aromatic heterocycles. The number of phenolic OH excluding ortho intramolecular Hbond substituents is 1.